The van der Waals surface area contributed by atoms with Crippen molar-refractivity contribution >= 4 is 23.4 Å². The smallest absolute Gasteiger partial charge is 0.287 e. The fourth-order valence-electron chi connectivity index (χ4n) is 2.99. The van der Waals surface area contributed by atoms with E-state index in [2.05, 4.69) is 15.6 Å². The van der Waals surface area contributed by atoms with Crippen molar-refractivity contribution < 1.29 is 14.0 Å². The van der Waals surface area contributed by atoms with E-state index in [9.17, 15) is 14.4 Å². The third-order valence-corrected chi connectivity index (χ3v) is 4.60. The van der Waals surface area contributed by atoms with Crippen LogP contribution in [0.3, 0.4) is 0 Å². The Morgan fingerprint density at radius 1 is 1.20 bits per heavy atom. The molecule has 7 nitrogen and oxygen atoms in total. The van der Waals surface area contributed by atoms with Gasteiger partial charge in [0.05, 0.1) is 6.26 Å². The van der Waals surface area contributed by atoms with Gasteiger partial charge >= 0.3 is 0 Å². The van der Waals surface area contributed by atoms with Gasteiger partial charge in [-0.25, -0.2) is 0 Å². The van der Waals surface area contributed by atoms with Gasteiger partial charge in [-0.1, -0.05) is 11.6 Å². The number of amides is 2. The van der Waals surface area contributed by atoms with E-state index in [0.717, 1.165) is 12.0 Å². The number of furan rings is 1. The summed E-state index contributed by atoms with van der Waals surface area (Å²) >= 11 is 5.74. The summed E-state index contributed by atoms with van der Waals surface area (Å²) in [7, 11) is 0. The zero-order chi connectivity index (χ0) is 18.0. The number of hydrogen-bond acceptors (Lipinski definition) is 4. The predicted octanol–water partition coefficient (Wildman–Crippen LogP) is 2.01. The summed E-state index contributed by atoms with van der Waals surface area (Å²) < 4.78 is 5.18. The second kappa shape index (κ2) is 7.14. The molecule has 2 atom stereocenters. The molecule has 0 bridgehead atoms. The Morgan fingerprint density at radius 2 is 1.88 bits per heavy atom. The van der Waals surface area contributed by atoms with E-state index in [-0.39, 0.29) is 28.6 Å². The van der Waals surface area contributed by atoms with Gasteiger partial charge < -0.3 is 20.0 Å². The van der Waals surface area contributed by atoms with Crippen LogP contribution in [0.15, 0.2) is 33.9 Å². The number of aryl methyl sites for hydroxylation is 1. The van der Waals surface area contributed by atoms with Crippen LogP contribution in [0.5, 0.6) is 0 Å². The lowest BCUT2D eigenvalue weighted by atomic mass is 10.2. The number of halogens is 1. The number of pyridine rings is 1. The second-order valence-corrected chi connectivity index (χ2v) is 6.54. The molecule has 2 aromatic heterocycles. The molecule has 1 aliphatic rings. The molecular weight excluding hydrogens is 346 g/mol. The zero-order valence-corrected chi connectivity index (χ0v) is 14.4. The van der Waals surface area contributed by atoms with Crippen molar-refractivity contribution in [3.8, 4) is 0 Å². The highest BCUT2D eigenvalue weighted by molar-refractivity contribution is 6.30. The van der Waals surface area contributed by atoms with Crippen LogP contribution in [-0.4, -0.2) is 28.9 Å². The van der Waals surface area contributed by atoms with Crippen LogP contribution in [0.4, 0.5) is 0 Å². The van der Waals surface area contributed by atoms with Crippen LogP contribution >= 0.6 is 11.6 Å². The summed E-state index contributed by atoms with van der Waals surface area (Å²) in [6.45, 7) is 1.80. The Labute approximate surface area is 148 Å². The molecule has 0 saturated heterocycles. The first kappa shape index (κ1) is 17.3. The molecule has 0 aliphatic heterocycles. The highest BCUT2D eigenvalue weighted by Gasteiger charge is 2.29. The van der Waals surface area contributed by atoms with Crippen molar-refractivity contribution in [3.05, 3.63) is 56.9 Å². The van der Waals surface area contributed by atoms with E-state index in [1.165, 1.54) is 18.7 Å². The number of aromatic nitrogens is 1. The fourth-order valence-corrected chi connectivity index (χ4v) is 3.15. The Kier molecular flexibility index (Phi) is 4.94. The summed E-state index contributed by atoms with van der Waals surface area (Å²) in [5, 5.41) is 5.70. The number of carbonyl (C=O) groups excluding carboxylic acids is 2. The maximum absolute atomic E-state index is 12.2. The van der Waals surface area contributed by atoms with Gasteiger partial charge in [-0.3, -0.25) is 14.4 Å². The van der Waals surface area contributed by atoms with E-state index in [0.29, 0.717) is 18.6 Å². The highest BCUT2D eigenvalue weighted by Crippen LogP contribution is 2.20. The molecule has 1 saturated carbocycles. The first-order valence-electron chi connectivity index (χ1n) is 7.98. The lowest BCUT2D eigenvalue weighted by Gasteiger charge is -2.14. The Balaban J connectivity index is 1.57. The summed E-state index contributed by atoms with van der Waals surface area (Å²) in [5.74, 6) is -0.425. The van der Waals surface area contributed by atoms with Gasteiger partial charge in [-0.15, -0.1) is 0 Å². The van der Waals surface area contributed by atoms with E-state index in [4.69, 9.17) is 16.0 Å². The molecule has 0 spiro atoms. The van der Waals surface area contributed by atoms with Crippen molar-refractivity contribution in [2.75, 3.05) is 0 Å². The molecule has 3 rings (SSSR count). The van der Waals surface area contributed by atoms with E-state index >= 15 is 0 Å². The molecule has 8 heteroatoms. The monoisotopic (exact) mass is 363 g/mol. The molecule has 25 heavy (non-hydrogen) atoms. The van der Waals surface area contributed by atoms with Crippen LogP contribution in [-0.2, 0) is 0 Å². The van der Waals surface area contributed by atoms with Gasteiger partial charge in [0.1, 0.15) is 10.6 Å². The molecule has 2 heterocycles. The summed E-state index contributed by atoms with van der Waals surface area (Å²) in [6, 6.07) is 1.56. The van der Waals surface area contributed by atoms with Crippen LogP contribution in [0.2, 0.25) is 5.02 Å². The summed E-state index contributed by atoms with van der Waals surface area (Å²) in [6.07, 6.45) is 6.19. The highest BCUT2D eigenvalue weighted by atomic mass is 35.5. The van der Waals surface area contributed by atoms with Crippen LogP contribution in [0.25, 0.3) is 0 Å². The zero-order valence-electron chi connectivity index (χ0n) is 13.6. The van der Waals surface area contributed by atoms with Gasteiger partial charge in [-0.2, -0.15) is 0 Å². The molecule has 2 aromatic rings. The van der Waals surface area contributed by atoms with Gasteiger partial charge in [0.2, 0.25) is 5.43 Å². The largest absolute Gasteiger partial charge is 0.459 e. The average Bonchev–Trinajstić information content (AvgIpc) is 3.18. The number of rotatable bonds is 4. The van der Waals surface area contributed by atoms with E-state index in [1.807, 2.05) is 0 Å². The number of nitrogens with one attached hydrogen (secondary N) is 3. The van der Waals surface area contributed by atoms with Crippen molar-refractivity contribution in [2.24, 2.45) is 0 Å². The number of H-pyrrole nitrogens is 1. The topological polar surface area (TPSA) is 104 Å². The Bertz CT molecular complexity index is 858. The maximum atomic E-state index is 12.2. The van der Waals surface area contributed by atoms with Gasteiger partial charge in [0.15, 0.2) is 5.76 Å². The fraction of sp³-hybridized carbons (Fsp3) is 0.353. The van der Waals surface area contributed by atoms with Crippen LogP contribution < -0.4 is 16.1 Å². The second-order valence-electron chi connectivity index (χ2n) is 6.13. The van der Waals surface area contributed by atoms with Crippen molar-refractivity contribution in [1.82, 2.24) is 15.6 Å². The SMILES string of the molecule is Cc1ccoc1C(=O)N[C@@H]1CC[C@H](NC(=O)c2c[nH]cc(Cl)c2=O)C1. The predicted molar refractivity (Wildman–Crippen MR) is 91.9 cm³/mol. The number of hydrogen-bond donors (Lipinski definition) is 3. The summed E-state index contributed by atoms with van der Waals surface area (Å²) in [4.78, 5) is 39.0. The van der Waals surface area contributed by atoms with Gasteiger partial charge in [-0.05, 0) is 32.3 Å². The van der Waals surface area contributed by atoms with Crippen molar-refractivity contribution in [3.63, 3.8) is 0 Å². The Morgan fingerprint density at radius 3 is 2.52 bits per heavy atom. The van der Waals surface area contributed by atoms with Gasteiger partial charge in [0, 0.05) is 30.0 Å². The molecule has 0 radical (unpaired) electrons. The minimum atomic E-state index is -0.505. The lowest BCUT2D eigenvalue weighted by molar-refractivity contribution is 0.0908. The number of aromatic amines is 1. The molecule has 132 valence electrons. The minimum Gasteiger partial charge on any atom is -0.459 e. The third kappa shape index (κ3) is 3.76. The maximum Gasteiger partial charge on any atom is 0.287 e. The Hall–Kier alpha value is -2.54. The first-order chi connectivity index (χ1) is 12.0. The van der Waals surface area contributed by atoms with E-state index < -0.39 is 11.3 Å². The molecule has 3 N–H and O–H groups in total. The van der Waals surface area contributed by atoms with Gasteiger partial charge in [0.25, 0.3) is 11.8 Å². The first-order valence-corrected chi connectivity index (χ1v) is 8.36. The lowest BCUT2D eigenvalue weighted by Crippen LogP contribution is -2.38. The van der Waals surface area contributed by atoms with Crippen molar-refractivity contribution in [2.45, 2.75) is 38.3 Å². The standard InChI is InChI=1S/C17H18ClN3O4/c1-9-4-5-25-15(9)17(24)21-11-3-2-10(6-11)20-16(23)12-7-19-8-13(18)14(12)22/h4-5,7-8,10-11H,2-3,6H2,1H3,(H,19,22)(H,20,23)(H,21,24)/t10-,11+/m0/s1. The van der Waals surface area contributed by atoms with Crippen LogP contribution in [0, 0.1) is 6.92 Å². The molecule has 0 aromatic carbocycles. The third-order valence-electron chi connectivity index (χ3n) is 4.32. The molecular formula is C17H18ClN3O4. The molecule has 2 amide bonds. The molecule has 1 aliphatic carbocycles. The minimum absolute atomic E-state index is 0.0220. The number of carbonyl (C=O) groups is 2. The normalized spacial score (nSPS) is 19.6. The van der Waals surface area contributed by atoms with E-state index in [1.54, 1.807) is 13.0 Å². The summed E-state index contributed by atoms with van der Waals surface area (Å²) in [5.41, 5.74) is 0.251. The van der Waals surface area contributed by atoms with Crippen molar-refractivity contribution in [1.29, 1.82) is 0 Å². The van der Waals surface area contributed by atoms with Crippen LogP contribution in [0.1, 0.15) is 45.7 Å². The quantitative estimate of drug-likeness (QED) is 0.772. The average molecular weight is 364 g/mol. The molecule has 0 unspecified atom stereocenters. The molecule has 1 fully saturated rings.